The molecule has 0 bridgehead atoms. The molecule has 0 spiro atoms. The summed E-state index contributed by atoms with van der Waals surface area (Å²) in [5, 5.41) is 9.48. The van der Waals surface area contributed by atoms with Crippen molar-refractivity contribution in [1.29, 1.82) is 0 Å². The van der Waals surface area contributed by atoms with E-state index in [0.29, 0.717) is 0 Å². The Kier molecular flexibility index (Phi) is 9.10. The standard InChI is InChI=1S/C8H18O2.C2H6/c1-5-6-7(10-4)8(2,3)9;1-2/h7,9H,5-6H2,1-4H3;1-2H3. The molecule has 0 aromatic rings. The Balaban J connectivity index is 0. The molecule has 0 aromatic carbocycles. The van der Waals surface area contributed by atoms with Gasteiger partial charge in [0.25, 0.3) is 0 Å². The van der Waals surface area contributed by atoms with E-state index in [1.54, 1.807) is 21.0 Å². The van der Waals surface area contributed by atoms with Crippen molar-refractivity contribution < 1.29 is 9.84 Å². The Morgan fingerprint density at radius 3 is 1.83 bits per heavy atom. The van der Waals surface area contributed by atoms with Crippen LogP contribution in [0.3, 0.4) is 0 Å². The van der Waals surface area contributed by atoms with Gasteiger partial charge >= 0.3 is 0 Å². The third-order valence-corrected chi connectivity index (χ3v) is 1.62. The van der Waals surface area contributed by atoms with Crippen LogP contribution in [0, 0.1) is 0 Å². The lowest BCUT2D eigenvalue weighted by Gasteiger charge is -2.27. The number of methoxy groups -OCH3 is 1. The second-order valence-corrected chi connectivity index (χ2v) is 3.17. The quantitative estimate of drug-likeness (QED) is 0.713. The van der Waals surface area contributed by atoms with Crippen molar-refractivity contribution in [3.8, 4) is 0 Å². The molecule has 1 unspecified atom stereocenters. The van der Waals surface area contributed by atoms with Crippen LogP contribution in [0.15, 0.2) is 0 Å². The Morgan fingerprint density at radius 2 is 1.75 bits per heavy atom. The fourth-order valence-corrected chi connectivity index (χ4v) is 1.02. The summed E-state index contributed by atoms with van der Waals surface area (Å²) in [5.74, 6) is 0. The lowest BCUT2D eigenvalue weighted by Crippen LogP contribution is -2.37. The van der Waals surface area contributed by atoms with Crippen LogP contribution in [0.25, 0.3) is 0 Å². The molecule has 0 aromatic heterocycles. The first-order valence-corrected chi connectivity index (χ1v) is 4.77. The largest absolute Gasteiger partial charge is 0.388 e. The lowest BCUT2D eigenvalue weighted by atomic mass is 9.98. The van der Waals surface area contributed by atoms with Gasteiger partial charge in [-0.1, -0.05) is 27.2 Å². The smallest absolute Gasteiger partial charge is 0.0852 e. The van der Waals surface area contributed by atoms with Gasteiger partial charge in [0.1, 0.15) is 0 Å². The van der Waals surface area contributed by atoms with Gasteiger partial charge in [-0.2, -0.15) is 0 Å². The number of aliphatic hydroxyl groups is 1. The van der Waals surface area contributed by atoms with Gasteiger partial charge in [-0.3, -0.25) is 0 Å². The summed E-state index contributed by atoms with van der Waals surface area (Å²) in [6.45, 7) is 9.63. The van der Waals surface area contributed by atoms with Gasteiger partial charge < -0.3 is 9.84 Å². The fourth-order valence-electron chi connectivity index (χ4n) is 1.02. The van der Waals surface area contributed by atoms with Crippen LogP contribution in [0.2, 0.25) is 0 Å². The topological polar surface area (TPSA) is 29.5 Å². The molecule has 2 heteroatoms. The second-order valence-electron chi connectivity index (χ2n) is 3.17. The molecule has 0 aliphatic heterocycles. The van der Waals surface area contributed by atoms with Crippen molar-refractivity contribution in [2.45, 2.75) is 59.2 Å². The predicted molar refractivity (Wildman–Crippen MR) is 53.4 cm³/mol. The zero-order chi connectivity index (χ0) is 10.2. The molecule has 0 radical (unpaired) electrons. The van der Waals surface area contributed by atoms with E-state index >= 15 is 0 Å². The number of ether oxygens (including phenoxy) is 1. The van der Waals surface area contributed by atoms with Gasteiger partial charge in [0, 0.05) is 7.11 Å². The van der Waals surface area contributed by atoms with Crippen molar-refractivity contribution in [3.05, 3.63) is 0 Å². The van der Waals surface area contributed by atoms with Crippen molar-refractivity contribution in [1.82, 2.24) is 0 Å². The molecule has 12 heavy (non-hydrogen) atoms. The zero-order valence-electron chi connectivity index (χ0n) is 9.35. The minimum atomic E-state index is -0.704. The maximum atomic E-state index is 9.48. The summed E-state index contributed by atoms with van der Waals surface area (Å²) >= 11 is 0. The molecule has 0 rings (SSSR count). The van der Waals surface area contributed by atoms with Crippen LogP contribution in [0.1, 0.15) is 47.5 Å². The Bertz CT molecular complexity index is 84.3. The normalized spacial score (nSPS) is 13.2. The van der Waals surface area contributed by atoms with Crippen LogP contribution in [-0.4, -0.2) is 23.9 Å². The highest BCUT2D eigenvalue weighted by molar-refractivity contribution is 4.76. The minimum Gasteiger partial charge on any atom is -0.388 e. The minimum absolute atomic E-state index is 0.0301. The van der Waals surface area contributed by atoms with E-state index in [1.165, 1.54) is 0 Å². The van der Waals surface area contributed by atoms with Gasteiger partial charge in [0.2, 0.25) is 0 Å². The Morgan fingerprint density at radius 1 is 1.33 bits per heavy atom. The van der Waals surface area contributed by atoms with E-state index in [-0.39, 0.29) is 6.10 Å². The lowest BCUT2D eigenvalue weighted by molar-refractivity contribution is -0.0732. The molecule has 1 atom stereocenters. The summed E-state index contributed by atoms with van der Waals surface area (Å²) in [4.78, 5) is 0. The molecule has 0 saturated heterocycles. The highest BCUT2D eigenvalue weighted by atomic mass is 16.5. The zero-order valence-corrected chi connectivity index (χ0v) is 9.35. The maximum absolute atomic E-state index is 9.48. The van der Waals surface area contributed by atoms with E-state index in [9.17, 15) is 5.11 Å². The molecule has 0 aliphatic carbocycles. The molecular formula is C10H24O2. The molecule has 0 amide bonds. The summed E-state index contributed by atoms with van der Waals surface area (Å²) in [6.07, 6.45) is 1.93. The number of rotatable bonds is 4. The monoisotopic (exact) mass is 176 g/mol. The molecule has 0 fully saturated rings. The third kappa shape index (κ3) is 6.62. The summed E-state index contributed by atoms with van der Waals surface area (Å²) in [6, 6.07) is 0. The molecular weight excluding hydrogens is 152 g/mol. The second kappa shape index (κ2) is 7.56. The first-order chi connectivity index (χ1) is 5.52. The van der Waals surface area contributed by atoms with Crippen molar-refractivity contribution in [2.24, 2.45) is 0 Å². The number of hydrogen-bond acceptors (Lipinski definition) is 2. The van der Waals surface area contributed by atoms with Crippen LogP contribution in [0.5, 0.6) is 0 Å². The molecule has 0 saturated carbocycles. The van der Waals surface area contributed by atoms with E-state index in [2.05, 4.69) is 6.92 Å². The fraction of sp³-hybridized carbons (Fsp3) is 1.00. The number of hydrogen-bond donors (Lipinski definition) is 1. The first kappa shape index (κ1) is 14.4. The summed E-state index contributed by atoms with van der Waals surface area (Å²) in [7, 11) is 1.64. The van der Waals surface area contributed by atoms with Gasteiger partial charge in [-0.05, 0) is 20.3 Å². The van der Waals surface area contributed by atoms with Gasteiger partial charge in [-0.15, -0.1) is 0 Å². The van der Waals surface area contributed by atoms with Gasteiger partial charge in [-0.25, -0.2) is 0 Å². The van der Waals surface area contributed by atoms with Gasteiger partial charge in [0.05, 0.1) is 11.7 Å². The van der Waals surface area contributed by atoms with Gasteiger partial charge in [0.15, 0.2) is 0 Å². The SMILES string of the molecule is CC.CCCC(OC)C(C)(C)O. The first-order valence-electron chi connectivity index (χ1n) is 4.77. The average molecular weight is 176 g/mol. The molecule has 0 heterocycles. The van der Waals surface area contributed by atoms with Crippen LogP contribution >= 0.6 is 0 Å². The van der Waals surface area contributed by atoms with E-state index in [0.717, 1.165) is 12.8 Å². The van der Waals surface area contributed by atoms with E-state index < -0.39 is 5.60 Å². The van der Waals surface area contributed by atoms with E-state index in [4.69, 9.17) is 4.74 Å². The molecule has 2 nitrogen and oxygen atoms in total. The molecule has 1 N–H and O–H groups in total. The Hall–Kier alpha value is -0.0800. The predicted octanol–water partition coefficient (Wildman–Crippen LogP) is 2.60. The van der Waals surface area contributed by atoms with Crippen molar-refractivity contribution in [2.75, 3.05) is 7.11 Å². The third-order valence-electron chi connectivity index (χ3n) is 1.62. The van der Waals surface area contributed by atoms with Crippen LogP contribution < -0.4 is 0 Å². The average Bonchev–Trinajstić information content (AvgIpc) is 2.02. The van der Waals surface area contributed by atoms with Crippen molar-refractivity contribution in [3.63, 3.8) is 0 Å². The molecule has 0 aliphatic rings. The summed E-state index contributed by atoms with van der Waals surface area (Å²) in [5.41, 5.74) is -0.704. The molecule has 76 valence electrons. The highest BCUT2D eigenvalue weighted by Gasteiger charge is 2.25. The Labute approximate surface area is 76.9 Å². The summed E-state index contributed by atoms with van der Waals surface area (Å²) < 4.78 is 5.11. The maximum Gasteiger partial charge on any atom is 0.0852 e. The van der Waals surface area contributed by atoms with Crippen LogP contribution in [0.4, 0.5) is 0 Å². The van der Waals surface area contributed by atoms with E-state index in [1.807, 2.05) is 13.8 Å². The van der Waals surface area contributed by atoms with Crippen molar-refractivity contribution >= 4 is 0 Å². The highest BCUT2D eigenvalue weighted by Crippen LogP contribution is 2.16. The van der Waals surface area contributed by atoms with Crippen LogP contribution in [-0.2, 0) is 4.74 Å².